The molecule has 0 radical (unpaired) electrons. The number of H-pyrrole nitrogens is 1. The van der Waals surface area contributed by atoms with E-state index in [4.69, 9.17) is 4.74 Å². The standard InChI is InChI=1S/C16H16N4O2/c1-10(2)22-15-7-11(5-6-17-15)16-13-8-12(18-9-21)3-4-14(13)19-20-16/h3-10H,1-2H3,(H,18,21)(H,19,20). The Balaban J connectivity index is 2.05. The number of aromatic amines is 1. The minimum absolute atomic E-state index is 0.0575. The molecule has 0 bridgehead atoms. The van der Waals surface area contributed by atoms with Crippen LogP contribution in [0.5, 0.6) is 5.88 Å². The van der Waals surface area contributed by atoms with Crippen LogP contribution in [-0.2, 0) is 4.79 Å². The van der Waals surface area contributed by atoms with Crippen molar-refractivity contribution in [3.8, 4) is 17.1 Å². The third kappa shape index (κ3) is 2.76. The normalized spacial score (nSPS) is 10.9. The zero-order valence-corrected chi connectivity index (χ0v) is 12.3. The van der Waals surface area contributed by atoms with Crippen LogP contribution in [0.1, 0.15) is 13.8 Å². The number of amides is 1. The molecule has 0 saturated heterocycles. The van der Waals surface area contributed by atoms with E-state index in [-0.39, 0.29) is 6.10 Å². The van der Waals surface area contributed by atoms with Crippen molar-refractivity contribution in [2.45, 2.75) is 20.0 Å². The van der Waals surface area contributed by atoms with Crippen LogP contribution in [0.15, 0.2) is 36.5 Å². The molecule has 0 spiro atoms. The predicted octanol–water partition coefficient (Wildman–Crippen LogP) is 2.98. The number of pyridine rings is 1. The van der Waals surface area contributed by atoms with E-state index in [0.29, 0.717) is 12.3 Å². The van der Waals surface area contributed by atoms with Crippen LogP contribution in [0.3, 0.4) is 0 Å². The molecule has 0 aliphatic heterocycles. The van der Waals surface area contributed by atoms with Crippen LogP contribution < -0.4 is 10.1 Å². The molecule has 0 aliphatic carbocycles. The van der Waals surface area contributed by atoms with Gasteiger partial charge in [0.2, 0.25) is 12.3 Å². The van der Waals surface area contributed by atoms with Crippen molar-refractivity contribution >= 4 is 23.0 Å². The average molecular weight is 296 g/mol. The highest BCUT2D eigenvalue weighted by molar-refractivity contribution is 5.95. The number of hydrogen-bond donors (Lipinski definition) is 2. The Morgan fingerprint density at radius 2 is 2.14 bits per heavy atom. The van der Waals surface area contributed by atoms with Crippen molar-refractivity contribution in [1.82, 2.24) is 15.2 Å². The van der Waals surface area contributed by atoms with Gasteiger partial charge in [0.25, 0.3) is 0 Å². The summed E-state index contributed by atoms with van der Waals surface area (Å²) in [6, 6.07) is 9.31. The van der Waals surface area contributed by atoms with Crippen molar-refractivity contribution in [1.29, 1.82) is 0 Å². The van der Waals surface area contributed by atoms with Crippen LogP contribution in [0.25, 0.3) is 22.2 Å². The van der Waals surface area contributed by atoms with Gasteiger partial charge in [0.15, 0.2) is 0 Å². The lowest BCUT2D eigenvalue weighted by Gasteiger charge is -2.09. The molecule has 112 valence electrons. The monoisotopic (exact) mass is 296 g/mol. The number of aromatic nitrogens is 3. The Hall–Kier alpha value is -2.89. The smallest absolute Gasteiger partial charge is 0.214 e. The number of fused-ring (bicyclic) bond motifs is 1. The summed E-state index contributed by atoms with van der Waals surface area (Å²) < 4.78 is 5.62. The molecular formula is C16H16N4O2. The Morgan fingerprint density at radius 3 is 2.91 bits per heavy atom. The number of rotatable bonds is 5. The summed E-state index contributed by atoms with van der Waals surface area (Å²) in [5, 5.41) is 10.9. The predicted molar refractivity (Wildman–Crippen MR) is 84.8 cm³/mol. The van der Waals surface area contributed by atoms with Crippen LogP contribution in [0.4, 0.5) is 5.69 Å². The number of hydrogen-bond acceptors (Lipinski definition) is 4. The van der Waals surface area contributed by atoms with E-state index in [9.17, 15) is 4.79 Å². The maximum atomic E-state index is 10.6. The quantitative estimate of drug-likeness (QED) is 0.709. The number of benzene rings is 1. The summed E-state index contributed by atoms with van der Waals surface area (Å²) in [7, 11) is 0. The molecule has 1 amide bonds. The second-order valence-corrected chi connectivity index (χ2v) is 5.14. The number of anilines is 1. The number of nitrogens with one attached hydrogen (secondary N) is 2. The van der Waals surface area contributed by atoms with Crippen molar-refractivity contribution < 1.29 is 9.53 Å². The number of carbonyl (C=O) groups is 1. The van der Waals surface area contributed by atoms with Crippen LogP contribution >= 0.6 is 0 Å². The van der Waals surface area contributed by atoms with Crippen molar-refractivity contribution in [3.63, 3.8) is 0 Å². The van der Waals surface area contributed by atoms with E-state index in [1.807, 2.05) is 44.2 Å². The minimum Gasteiger partial charge on any atom is -0.475 e. The maximum absolute atomic E-state index is 10.6. The largest absolute Gasteiger partial charge is 0.475 e. The van der Waals surface area contributed by atoms with Crippen molar-refractivity contribution in [2.24, 2.45) is 0 Å². The SMILES string of the molecule is CC(C)Oc1cc(-c2n[nH]c3ccc(NC=O)cc23)ccn1. The molecule has 2 heterocycles. The van der Waals surface area contributed by atoms with Crippen molar-refractivity contribution in [2.75, 3.05) is 5.32 Å². The molecule has 1 aromatic carbocycles. The Kier molecular flexibility index (Phi) is 3.74. The first-order valence-corrected chi connectivity index (χ1v) is 6.99. The highest BCUT2D eigenvalue weighted by Gasteiger charge is 2.10. The summed E-state index contributed by atoms with van der Waals surface area (Å²) >= 11 is 0. The molecule has 3 aromatic rings. The fraction of sp³-hybridized carbons (Fsp3) is 0.188. The van der Waals surface area contributed by atoms with E-state index in [1.165, 1.54) is 0 Å². The molecule has 0 atom stereocenters. The van der Waals surface area contributed by atoms with E-state index in [1.54, 1.807) is 6.20 Å². The molecule has 6 heteroatoms. The van der Waals surface area contributed by atoms with Gasteiger partial charge in [-0.05, 0) is 38.1 Å². The number of carbonyl (C=O) groups excluding carboxylic acids is 1. The summed E-state index contributed by atoms with van der Waals surface area (Å²) in [6.45, 7) is 3.91. The molecule has 3 rings (SSSR count). The lowest BCUT2D eigenvalue weighted by atomic mass is 10.1. The van der Waals surface area contributed by atoms with E-state index < -0.39 is 0 Å². The molecule has 0 fully saturated rings. The molecule has 2 aromatic heterocycles. The van der Waals surface area contributed by atoms with Gasteiger partial charge in [0.1, 0.15) is 5.69 Å². The zero-order valence-electron chi connectivity index (χ0n) is 12.3. The van der Waals surface area contributed by atoms with Gasteiger partial charge in [0.05, 0.1) is 11.6 Å². The first-order valence-electron chi connectivity index (χ1n) is 6.99. The van der Waals surface area contributed by atoms with Gasteiger partial charge in [-0.3, -0.25) is 9.89 Å². The number of nitrogens with zero attached hydrogens (tertiary/aromatic N) is 2. The average Bonchev–Trinajstić information content (AvgIpc) is 2.90. The van der Waals surface area contributed by atoms with Gasteiger partial charge in [-0.15, -0.1) is 0 Å². The molecule has 6 nitrogen and oxygen atoms in total. The maximum Gasteiger partial charge on any atom is 0.214 e. The van der Waals surface area contributed by atoms with Crippen LogP contribution in [0.2, 0.25) is 0 Å². The summed E-state index contributed by atoms with van der Waals surface area (Å²) in [5.41, 5.74) is 3.31. The Bertz CT molecular complexity index is 811. The van der Waals surface area contributed by atoms with E-state index >= 15 is 0 Å². The van der Waals surface area contributed by atoms with Gasteiger partial charge in [0, 0.05) is 28.9 Å². The van der Waals surface area contributed by atoms with E-state index in [2.05, 4.69) is 20.5 Å². The third-order valence-corrected chi connectivity index (χ3v) is 3.15. The van der Waals surface area contributed by atoms with E-state index in [0.717, 1.165) is 27.8 Å². The first kappa shape index (κ1) is 14.1. The van der Waals surface area contributed by atoms with Gasteiger partial charge in [-0.25, -0.2) is 4.98 Å². The number of ether oxygens (including phenoxy) is 1. The highest BCUT2D eigenvalue weighted by Crippen LogP contribution is 2.29. The second-order valence-electron chi connectivity index (χ2n) is 5.14. The molecule has 0 unspecified atom stereocenters. The fourth-order valence-corrected chi connectivity index (χ4v) is 2.25. The molecule has 0 aliphatic rings. The van der Waals surface area contributed by atoms with Gasteiger partial charge >= 0.3 is 0 Å². The lowest BCUT2D eigenvalue weighted by molar-refractivity contribution is -0.105. The lowest BCUT2D eigenvalue weighted by Crippen LogP contribution is -2.06. The summed E-state index contributed by atoms with van der Waals surface area (Å²) in [6.07, 6.45) is 2.41. The minimum atomic E-state index is 0.0575. The molecule has 22 heavy (non-hydrogen) atoms. The fourth-order valence-electron chi connectivity index (χ4n) is 2.25. The second kappa shape index (κ2) is 5.85. The molecule has 0 saturated carbocycles. The zero-order chi connectivity index (χ0) is 15.5. The van der Waals surface area contributed by atoms with Gasteiger partial charge in [-0.2, -0.15) is 5.10 Å². The summed E-state index contributed by atoms with van der Waals surface area (Å²) in [5.74, 6) is 0.561. The highest BCUT2D eigenvalue weighted by atomic mass is 16.5. The third-order valence-electron chi connectivity index (χ3n) is 3.15. The molecular weight excluding hydrogens is 280 g/mol. The first-order chi connectivity index (χ1) is 10.7. The van der Waals surface area contributed by atoms with Crippen LogP contribution in [-0.4, -0.2) is 27.7 Å². The molecule has 2 N–H and O–H groups in total. The Labute approximate surface area is 127 Å². The van der Waals surface area contributed by atoms with Gasteiger partial charge in [-0.1, -0.05) is 0 Å². The van der Waals surface area contributed by atoms with Crippen LogP contribution in [0, 0.1) is 0 Å². The topological polar surface area (TPSA) is 79.9 Å². The summed E-state index contributed by atoms with van der Waals surface area (Å²) in [4.78, 5) is 14.8. The Morgan fingerprint density at radius 1 is 1.27 bits per heavy atom. The van der Waals surface area contributed by atoms with Gasteiger partial charge < -0.3 is 10.1 Å². The van der Waals surface area contributed by atoms with Crippen molar-refractivity contribution in [3.05, 3.63) is 36.5 Å².